The third kappa shape index (κ3) is 3.03. The standard InChI is InChI=1S/C14H22N4S/c1-8(2)7-18(11-5-6-11)14-12(13(15)19)9(3)10(4)16-17-14/h8,11H,5-7H2,1-4H3,(H2,15,19). The molecule has 0 spiro atoms. The zero-order chi connectivity index (χ0) is 14.2. The molecule has 1 aliphatic rings. The molecule has 2 N–H and O–H groups in total. The average Bonchev–Trinajstić information content (AvgIpc) is 3.12. The Morgan fingerprint density at radius 1 is 1.37 bits per heavy atom. The first-order chi connectivity index (χ1) is 8.91. The van der Waals surface area contributed by atoms with Crippen molar-refractivity contribution in [1.29, 1.82) is 0 Å². The summed E-state index contributed by atoms with van der Waals surface area (Å²) in [6.07, 6.45) is 2.44. The lowest BCUT2D eigenvalue weighted by Gasteiger charge is -2.27. The Morgan fingerprint density at radius 2 is 2.00 bits per heavy atom. The highest BCUT2D eigenvalue weighted by molar-refractivity contribution is 7.80. The van der Waals surface area contributed by atoms with Crippen LogP contribution in [-0.2, 0) is 0 Å². The summed E-state index contributed by atoms with van der Waals surface area (Å²) >= 11 is 5.22. The Kier molecular flexibility index (Phi) is 4.04. The van der Waals surface area contributed by atoms with Crippen LogP contribution in [0.3, 0.4) is 0 Å². The summed E-state index contributed by atoms with van der Waals surface area (Å²) in [5, 5.41) is 8.64. The van der Waals surface area contributed by atoms with Crippen molar-refractivity contribution in [3.63, 3.8) is 0 Å². The van der Waals surface area contributed by atoms with Gasteiger partial charge in [0.1, 0.15) is 4.99 Å². The van der Waals surface area contributed by atoms with Crippen LogP contribution in [0.15, 0.2) is 0 Å². The summed E-state index contributed by atoms with van der Waals surface area (Å²) in [6.45, 7) is 9.35. The van der Waals surface area contributed by atoms with Gasteiger partial charge in [0.2, 0.25) is 0 Å². The molecule has 1 aromatic heterocycles. The Morgan fingerprint density at radius 3 is 2.47 bits per heavy atom. The van der Waals surface area contributed by atoms with Gasteiger partial charge in [-0.1, -0.05) is 26.1 Å². The molecule has 1 fully saturated rings. The number of thiocarbonyl (C=S) groups is 1. The Hall–Kier alpha value is -1.23. The van der Waals surface area contributed by atoms with Gasteiger partial charge in [0.15, 0.2) is 5.82 Å². The molecule has 0 radical (unpaired) electrons. The van der Waals surface area contributed by atoms with Crippen molar-refractivity contribution in [1.82, 2.24) is 10.2 Å². The number of hydrogen-bond donors (Lipinski definition) is 1. The van der Waals surface area contributed by atoms with Gasteiger partial charge in [-0.05, 0) is 38.2 Å². The molecule has 0 amide bonds. The van der Waals surface area contributed by atoms with Gasteiger partial charge in [0.25, 0.3) is 0 Å². The number of nitrogens with zero attached hydrogens (tertiary/aromatic N) is 3. The molecule has 1 aliphatic carbocycles. The molecule has 4 nitrogen and oxygen atoms in total. The quantitative estimate of drug-likeness (QED) is 0.838. The zero-order valence-electron chi connectivity index (χ0n) is 12.1. The van der Waals surface area contributed by atoms with Crippen molar-refractivity contribution in [2.45, 2.75) is 46.6 Å². The van der Waals surface area contributed by atoms with E-state index >= 15 is 0 Å². The molecule has 0 saturated heterocycles. The van der Waals surface area contributed by atoms with Crippen molar-refractivity contribution in [2.75, 3.05) is 11.4 Å². The van der Waals surface area contributed by atoms with Gasteiger partial charge in [-0.2, -0.15) is 5.10 Å². The van der Waals surface area contributed by atoms with E-state index < -0.39 is 0 Å². The van der Waals surface area contributed by atoms with Crippen molar-refractivity contribution >= 4 is 23.0 Å². The van der Waals surface area contributed by atoms with Gasteiger partial charge in [-0.3, -0.25) is 0 Å². The average molecular weight is 278 g/mol. The van der Waals surface area contributed by atoms with E-state index in [9.17, 15) is 0 Å². The zero-order valence-corrected chi connectivity index (χ0v) is 12.9. The second-order valence-corrected chi connectivity index (χ2v) is 6.19. The Balaban J connectivity index is 2.47. The van der Waals surface area contributed by atoms with Crippen molar-refractivity contribution in [2.24, 2.45) is 11.7 Å². The second kappa shape index (κ2) is 5.41. The number of rotatable bonds is 5. The van der Waals surface area contributed by atoms with Crippen LogP contribution >= 0.6 is 12.2 Å². The largest absolute Gasteiger partial charge is 0.389 e. The van der Waals surface area contributed by atoms with Gasteiger partial charge in [0, 0.05) is 12.6 Å². The van der Waals surface area contributed by atoms with Gasteiger partial charge in [-0.15, -0.1) is 5.10 Å². The van der Waals surface area contributed by atoms with E-state index in [0.29, 0.717) is 16.9 Å². The van der Waals surface area contributed by atoms with E-state index in [2.05, 4.69) is 28.9 Å². The Labute approximate surface area is 120 Å². The van der Waals surface area contributed by atoms with E-state index in [1.54, 1.807) is 0 Å². The normalized spacial score (nSPS) is 14.8. The molecule has 1 saturated carbocycles. The van der Waals surface area contributed by atoms with E-state index in [1.807, 2.05) is 13.8 Å². The fraction of sp³-hybridized carbons (Fsp3) is 0.643. The molecule has 104 valence electrons. The summed E-state index contributed by atoms with van der Waals surface area (Å²) < 4.78 is 0. The minimum Gasteiger partial charge on any atom is -0.389 e. The lowest BCUT2D eigenvalue weighted by molar-refractivity contribution is 0.599. The first-order valence-corrected chi connectivity index (χ1v) is 7.23. The van der Waals surface area contributed by atoms with Crippen molar-refractivity contribution in [3.05, 3.63) is 16.8 Å². The lowest BCUT2D eigenvalue weighted by atomic mass is 10.1. The van der Waals surface area contributed by atoms with Crippen LogP contribution in [0.5, 0.6) is 0 Å². The fourth-order valence-electron chi connectivity index (χ4n) is 2.28. The van der Waals surface area contributed by atoms with E-state index in [-0.39, 0.29) is 0 Å². The molecule has 19 heavy (non-hydrogen) atoms. The van der Waals surface area contributed by atoms with Crippen LogP contribution in [0.4, 0.5) is 5.82 Å². The highest BCUT2D eigenvalue weighted by Gasteiger charge is 2.33. The summed E-state index contributed by atoms with van der Waals surface area (Å²) in [4.78, 5) is 2.75. The molecule has 5 heteroatoms. The van der Waals surface area contributed by atoms with Crippen LogP contribution < -0.4 is 10.6 Å². The first kappa shape index (κ1) is 14.2. The van der Waals surface area contributed by atoms with Gasteiger partial charge in [0.05, 0.1) is 11.3 Å². The lowest BCUT2D eigenvalue weighted by Crippen LogP contribution is -2.33. The predicted molar refractivity (Wildman–Crippen MR) is 82.6 cm³/mol. The van der Waals surface area contributed by atoms with Crippen LogP contribution in [0.2, 0.25) is 0 Å². The third-order valence-electron chi connectivity index (χ3n) is 3.50. The number of nitrogens with two attached hydrogens (primary N) is 1. The van der Waals surface area contributed by atoms with Crippen molar-refractivity contribution < 1.29 is 0 Å². The summed E-state index contributed by atoms with van der Waals surface area (Å²) in [6, 6.07) is 0.576. The molecular weight excluding hydrogens is 256 g/mol. The third-order valence-corrected chi connectivity index (χ3v) is 3.71. The van der Waals surface area contributed by atoms with Gasteiger partial charge >= 0.3 is 0 Å². The SMILES string of the molecule is Cc1nnc(N(CC(C)C)C2CC2)c(C(N)=S)c1C. The monoisotopic (exact) mass is 278 g/mol. The van der Waals surface area contributed by atoms with E-state index in [4.69, 9.17) is 18.0 Å². The minimum atomic E-state index is 0.417. The molecular formula is C14H22N4S. The second-order valence-electron chi connectivity index (χ2n) is 5.75. The smallest absolute Gasteiger partial charge is 0.162 e. The molecule has 1 aromatic rings. The van der Waals surface area contributed by atoms with Crippen LogP contribution in [-0.4, -0.2) is 27.8 Å². The van der Waals surface area contributed by atoms with E-state index in [0.717, 1.165) is 29.2 Å². The number of anilines is 1. The molecule has 0 atom stereocenters. The summed E-state index contributed by atoms with van der Waals surface area (Å²) in [5.74, 6) is 1.44. The topological polar surface area (TPSA) is 55.0 Å². The number of aryl methyl sites for hydroxylation is 1. The fourth-order valence-corrected chi connectivity index (χ4v) is 2.52. The van der Waals surface area contributed by atoms with Gasteiger partial charge in [-0.25, -0.2) is 0 Å². The molecule has 0 unspecified atom stereocenters. The van der Waals surface area contributed by atoms with Gasteiger partial charge < -0.3 is 10.6 Å². The molecule has 0 bridgehead atoms. The number of aromatic nitrogens is 2. The maximum atomic E-state index is 5.91. The summed E-state index contributed by atoms with van der Waals surface area (Å²) in [5.41, 5.74) is 8.75. The highest BCUT2D eigenvalue weighted by atomic mass is 32.1. The van der Waals surface area contributed by atoms with Crippen LogP contribution in [0.1, 0.15) is 43.5 Å². The summed E-state index contributed by atoms with van der Waals surface area (Å²) in [7, 11) is 0. The highest BCUT2D eigenvalue weighted by Crippen LogP contribution is 2.34. The van der Waals surface area contributed by atoms with Crippen LogP contribution in [0.25, 0.3) is 0 Å². The molecule has 2 rings (SSSR count). The van der Waals surface area contributed by atoms with Crippen LogP contribution in [0, 0.1) is 19.8 Å². The Bertz CT molecular complexity index is 494. The maximum Gasteiger partial charge on any atom is 0.162 e. The predicted octanol–water partition coefficient (Wildman–Crippen LogP) is 2.35. The molecule has 1 heterocycles. The van der Waals surface area contributed by atoms with Crippen molar-refractivity contribution in [3.8, 4) is 0 Å². The minimum absolute atomic E-state index is 0.417. The maximum absolute atomic E-state index is 5.91. The van der Waals surface area contributed by atoms with E-state index in [1.165, 1.54) is 12.8 Å². The molecule has 0 aromatic carbocycles. The number of hydrogen-bond acceptors (Lipinski definition) is 4. The molecule has 0 aliphatic heterocycles. The first-order valence-electron chi connectivity index (χ1n) is 6.82.